The quantitative estimate of drug-likeness (QED) is 0.612. The first kappa shape index (κ1) is 8.59. The van der Waals surface area contributed by atoms with Crippen molar-refractivity contribution >= 4 is 0 Å². The summed E-state index contributed by atoms with van der Waals surface area (Å²) in [6.45, 7) is 9.89. The van der Waals surface area contributed by atoms with Gasteiger partial charge in [-0.3, -0.25) is 0 Å². The summed E-state index contributed by atoms with van der Waals surface area (Å²) in [5, 5.41) is 9.01. The Morgan fingerprint density at radius 2 is 1.91 bits per heavy atom. The summed E-state index contributed by atoms with van der Waals surface area (Å²) >= 11 is 0. The molecule has 0 saturated carbocycles. The van der Waals surface area contributed by atoms with Crippen molar-refractivity contribution in [1.29, 1.82) is 5.26 Å². The maximum atomic E-state index is 9.01. The maximum Gasteiger partial charge on any atom is 0.0689 e. The Balaban J connectivity index is 4.66. The van der Waals surface area contributed by atoms with Crippen molar-refractivity contribution in [1.82, 2.24) is 0 Å². The van der Waals surface area contributed by atoms with Crippen molar-refractivity contribution in [2.45, 2.75) is 41.0 Å². The van der Waals surface area contributed by atoms with Gasteiger partial charge in [0.1, 0.15) is 0 Å². The van der Waals surface area contributed by atoms with Gasteiger partial charge in [0, 0.05) is 1.37 Å². The number of hydrogen-bond acceptors (Lipinski definition) is 1. The maximum absolute atomic E-state index is 9.01. The van der Waals surface area contributed by atoms with Gasteiger partial charge in [-0.25, -0.2) is 0 Å². The molecule has 0 rings (SSSR count). The van der Waals surface area contributed by atoms with Gasteiger partial charge in [0.25, 0.3) is 0 Å². The first-order valence-corrected chi connectivity index (χ1v) is 4.19. The summed E-state index contributed by atoms with van der Waals surface area (Å²) in [6, 6.07) is 2.27. The SMILES string of the molecule is [2H]C(C(C)C)C(C)(C#N)C(C)C. The third kappa shape index (κ3) is 2.93. The molecule has 64 valence electrons. The second-order valence-corrected chi connectivity index (χ2v) is 3.96. The van der Waals surface area contributed by atoms with E-state index in [0.29, 0.717) is 0 Å². The molecule has 0 aliphatic carbocycles. The van der Waals surface area contributed by atoms with Crippen LogP contribution >= 0.6 is 0 Å². The van der Waals surface area contributed by atoms with Crippen LogP contribution in [0.4, 0.5) is 0 Å². The van der Waals surface area contributed by atoms with E-state index >= 15 is 0 Å². The molecule has 11 heavy (non-hydrogen) atoms. The Bertz CT molecular complexity index is 181. The number of rotatable bonds is 3. The molecule has 0 aromatic carbocycles. The number of nitriles is 1. The molecule has 0 saturated heterocycles. The van der Waals surface area contributed by atoms with Gasteiger partial charge >= 0.3 is 0 Å². The minimum Gasteiger partial charge on any atom is -0.198 e. The van der Waals surface area contributed by atoms with Gasteiger partial charge in [0.15, 0.2) is 0 Å². The fourth-order valence-corrected chi connectivity index (χ4v) is 1.05. The molecule has 2 unspecified atom stereocenters. The van der Waals surface area contributed by atoms with E-state index in [4.69, 9.17) is 6.63 Å². The molecule has 0 aliphatic rings. The average molecular weight is 154 g/mol. The largest absolute Gasteiger partial charge is 0.198 e. The molecule has 0 fully saturated rings. The minimum absolute atomic E-state index is 0.243. The summed E-state index contributed by atoms with van der Waals surface area (Å²) < 4.78 is 7.89. The van der Waals surface area contributed by atoms with Crippen LogP contribution in [-0.2, 0) is 0 Å². The van der Waals surface area contributed by atoms with E-state index in [1.54, 1.807) is 0 Å². The number of hydrogen-bond donors (Lipinski definition) is 0. The van der Waals surface area contributed by atoms with Crippen molar-refractivity contribution in [3.63, 3.8) is 0 Å². The van der Waals surface area contributed by atoms with Gasteiger partial charge in [0.2, 0.25) is 0 Å². The van der Waals surface area contributed by atoms with E-state index < -0.39 is 5.41 Å². The van der Waals surface area contributed by atoms with E-state index in [1.165, 1.54) is 0 Å². The summed E-state index contributed by atoms with van der Waals surface area (Å²) in [7, 11) is 0. The minimum atomic E-state index is -0.506. The normalized spacial score (nSPS) is 20.7. The molecule has 0 radical (unpaired) electrons. The van der Waals surface area contributed by atoms with Crippen LogP contribution < -0.4 is 0 Å². The predicted molar refractivity (Wildman–Crippen MR) is 48.0 cm³/mol. The molecule has 2 atom stereocenters. The zero-order chi connectivity index (χ0) is 9.94. The fraction of sp³-hybridized carbons (Fsp3) is 0.900. The molecule has 0 N–H and O–H groups in total. The van der Waals surface area contributed by atoms with Crippen molar-refractivity contribution in [3.05, 3.63) is 0 Å². The standard InChI is InChI=1S/C10H19N/c1-8(2)6-10(5,7-11)9(3)4/h8-9H,6H2,1-5H3/i6D. The van der Waals surface area contributed by atoms with E-state index in [2.05, 4.69) is 6.07 Å². The first-order chi connectivity index (χ1) is 5.36. The second-order valence-electron chi connectivity index (χ2n) is 3.96. The first-order valence-electron chi connectivity index (χ1n) is 4.77. The molecule has 0 spiro atoms. The summed E-state index contributed by atoms with van der Waals surface area (Å²) in [6.07, 6.45) is -0.289. The monoisotopic (exact) mass is 154 g/mol. The molecule has 1 heteroatoms. The highest BCUT2D eigenvalue weighted by molar-refractivity contribution is 4.97. The number of nitrogens with zero attached hydrogens (tertiary/aromatic N) is 1. The molecule has 0 heterocycles. The molecular weight excluding hydrogens is 134 g/mol. The molecule has 0 amide bonds. The van der Waals surface area contributed by atoms with Crippen LogP contribution in [-0.4, -0.2) is 0 Å². The van der Waals surface area contributed by atoms with Crippen LogP contribution in [0.25, 0.3) is 0 Å². The van der Waals surface area contributed by atoms with Crippen LogP contribution in [0.2, 0.25) is 0 Å². The van der Waals surface area contributed by atoms with Crippen molar-refractivity contribution in [2.75, 3.05) is 0 Å². The van der Waals surface area contributed by atoms with Crippen molar-refractivity contribution in [3.8, 4) is 6.07 Å². The van der Waals surface area contributed by atoms with E-state index in [9.17, 15) is 0 Å². The zero-order valence-corrected chi connectivity index (χ0v) is 8.18. The van der Waals surface area contributed by atoms with E-state index in [0.717, 1.165) is 0 Å². The summed E-state index contributed by atoms with van der Waals surface area (Å²) in [5.74, 6) is 0.490. The average Bonchev–Trinajstić information content (AvgIpc) is 2.01. The fourth-order valence-electron chi connectivity index (χ4n) is 1.05. The molecule has 0 bridgehead atoms. The molecule has 0 aromatic heterocycles. The van der Waals surface area contributed by atoms with Crippen LogP contribution in [0.1, 0.15) is 42.4 Å². The Morgan fingerprint density at radius 1 is 1.45 bits per heavy atom. The predicted octanol–water partition coefficient (Wildman–Crippen LogP) is 3.22. The highest BCUT2D eigenvalue weighted by Gasteiger charge is 2.28. The smallest absolute Gasteiger partial charge is 0.0689 e. The van der Waals surface area contributed by atoms with Crippen LogP contribution in [0.3, 0.4) is 0 Å². The summed E-state index contributed by atoms with van der Waals surface area (Å²) in [4.78, 5) is 0. The Hall–Kier alpha value is -0.510. The van der Waals surface area contributed by atoms with Crippen molar-refractivity contribution < 1.29 is 1.37 Å². The molecule has 0 aliphatic heterocycles. The highest BCUT2D eigenvalue weighted by Crippen LogP contribution is 2.32. The summed E-state index contributed by atoms with van der Waals surface area (Å²) in [5.41, 5.74) is -0.506. The molecular formula is C10H19N. The lowest BCUT2D eigenvalue weighted by atomic mass is 9.75. The lowest BCUT2D eigenvalue weighted by Crippen LogP contribution is -2.23. The van der Waals surface area contributed by atoms with Crippen LogP contribution in [0.15, 0.2) is 0 Å². The molecule has 1 nitrogen and oxygen atoms in total. The van der Waals surface area contributed by atoms with Crippen LogP contribution in [0.5, 0.6) is 0 Å². The Kier molecular flexibility index (Phi) is 2.93. The third-order valence-corrected chi connectivity index (χ3v) is 2.12. The van der Waals surface area contributed by atoms with Crippen LogP contribution in [0, 0.1) is 28.6 Å². The van der Waals surface area contributed by atoms with E-state index in [-0.39, 0.29) is 18.2 Å². The van der Waals surface area contributed by atoms with Gasteiger partial charge < -0.3 is 0 Å². The highest BCUT2D eigenvalue weighted by atomic mass is 14.4. The third-order valence-electron chi connectivity index (χ3n) is 2.12. The zero-order valence-electron chi connectivity index (χ0n) is 9.18. The van der Waals surface area contributed by atoms with Gasteiger partial charge in [-0.15, -0.1) is 0 Å². The lowest BCUT2D eigenvalue weighted by molar-refractivity contribution is 0.251. The Morgan fingerprint density at radius 3 is 2.00 bits per heavy atom. The van der Waals surface area contributed by atoms with E-state index in [1.807, 2.05) is 34.6 Å². The molecule has 0 aromatic rings. The second kappa shape index (κ2) is 3.76. The van der Waals surface area contributed by atoms with Gasteiger partial charge in [-0.1, -0.05) is 27.7 Å². The van der Waals surface area contributed by atoms with Crippen molar-refractivity contribution in [2.24, 2.45) is 17.3 Å². The lowest BCUT2D eigenvalue weighted by Gasteiger charge is -2.27. The Labute approximate surface area is 71.8 Å². The topological polar surface area (TPSA) is 23.8 Å². The van der Waals surface area contributed by atoms with Gasteiger partial charge in [-0.2, -0.15) is 5.26 Å². The van der Waals surface area contributed by atoms with Gasteiger partial charge in [0.05, 0.1) is 11.5 Å². The van der Waals surface area contributed by atoms with Gasteiger partial charge in [-0.05, 0) is 25.2 Å².